The first-order chi connectivity index (χ1) is 20.4. The molecule has 1 spiro atoms. The lowest BCUT2D eigenvalue weighted by molar-refractivity contribution is -0.145. The fourth-order valence-corrected chi connectivity index (χ4v) is 9.68. The maximum absolute atomic E-state index is 14.7. The number of carbonyl (C=O) groups excluding carboxylic acids is 2. The van der Waals surface area contributed by atoms with Crippen molar-refractivity contribution in [2.45, 2.75) is 86.1 Å². The summed E-state index contributed by atoms with van der Waals surface area (Å²) in [5.74, 6) is 1.21. The largest absolute Gasteiger partial charge is 0.348 e. The van der Waals surface area contributed by atoms with Crippen molar-refractivity contribution in [3.63, 3.8) is 0 Å². The summed E-state index contributed by atoms with van der Waals surface area (Å²) < 4.78 is 6.03. The summed E-state index contributed by atoms with van der Waals surface area (Å²) in [5.41, 5.74) is 2.64. The molecule has 0 aromatic heterocycles. The number of nitriles is 1. The fourth-order valence-electron chi connectivity index (χ4n) is 8.09. The summed E-state index contributed by atoms with van der Waals surface area (Å²) in [6, 6.07) is 10.7. The number of Topliss-reactive ketones (excluding diaryl/α,β-unsaturated/α-hetero) is 1. The lowest BCUT2D eigenvalue weighted by Gasteiger charge is -2.56. The summed E-state index contributed by atoms with van der Waals surface area (Å²) in [6.45, 7) is 9.34. The fraction of sp³-hybridized carbons (Fsp3) is 0.656. The smallest absolute Gasteiger partial charge is 0.246 e. The number of ketones is 1. The highest BCUT2D eigenvalue weighted by Crippen LogP contribution is 2.54. The van der Waals surface area contributed by atoms with Gasteiger partial charge in [0.2, 0.25) is 5.91 Å². The Labute approximate surface area is 254 Å². The van der Waals surface area contributed by atoms with E-state index in [0.717, 1.165) is 31.6 Å². The van der Waals surface area contributed by atoms with Gasteiger partial charge in [0.25, 0.3) is 0 Å². The number of rotatable bonds is 6. The van der Waals surface area contributed by atoms with Crippen molar-refractivity contribution in [1.82, 2.24) is 25.3 Å². The summed E-state index contributed by atoms with van der Waals surface area (Å²) in [5, 5.41) is 16.9. The van der Waals surface area contributed by atoms with Crippen LogP contribution < -0.4 is 10.6 Å². The molecule has 4 heterocycles. The Bertz CT molecular complexity index is 1240. The molecule has 9 nitrogen and oxygen atoms in total. The van der Waals surface area contributed by atoms with Gasteiger partial charge in [-0.3, -0.25) is 25.1 Å². The van der Waals surface area contributed by atoms with E-state index in [9.17, 15) is 14.9 Å². The van der Waals surface area contributed by atoms with Gasteiger partial charge in [-0.15, -0.1) is 11.8 Å². The predicted octanol–water partition coefficient (Wildman–Crippen LogP) is 2.65. The summed E-state index contributed by atoms with van der Waals surface area (Å²) in [7, 11) is 2.15. The molecule has 8 atom stereocenters. The first-order valence-corrected chi connectivity index (χ1v) is 16.5. The van der Waals surface area contributed by atoms with Crippen molar-refractivity contribution in [3.05, 3.63) is 48.0 Å². The van der Waals surface area contributed by atoms with E-state index in [2.05, 4.69) is 71.3 Å². The lowest BCUT2D eigenvalue weighted by Crippen LogP contribution is -2.75. The Morgan fingerprint density at radius 1 is 1.24 bits per heavy atom. The van der Waals surface area contributed by atoms with Crippen LogP contribution in [0.4, 0.5) is 0 Å². The van der Waals surface area contributed by atoms with Gasteiger partial charge in [0.15, 0.2) is 12.1 Å². The van der Waals surface area contributed by atoms with Gasteiger partial charge in [0.1, 0.15) is 0 Å². The van der Waals surface area contributed by atoms with Crippen molar-refractivity contribution in [2.24, 2.45) is 5.92 Å². The third-order valence-electron chi connectivity index (χ3n) is 10.6. The molecule has 10 heteroatoms. The first-order valence-electron chi connectivity index (χ1n) is 15.5. The lowest BCUT2D eigenvalue weighted by atomic mass is 9.67. The number of carbonyl (C=O) groups is 2. The van der Waals surface area contributed by atoms with E-state index < -0.39 is 11.1 Å². The number of piperazine rings is 1. The molecule has 1 aromatic carbocycles. The van der Waals surface area contributed by atoms with Crippen molar-refractivity contribution in [3.8, 4) is 6.07 Å². The van der Waals surface area contributed by atoms with Gasteiger partial charge in [-0.05, 0) is 56.5 Å². The molecule has 1 aromatic rings. The molecule has 1 aliphatic carbocycles. The van der Waals surface area contributed by atoms with Gasteiger partial charge in [0.05, 0.1) is 42.1 Å². The molecule has 1 saturated carbocycles. The van der Waals surface area contributed by atoms with Gasteiger partial charge in [-0.1, -0.05) is 37.8 Å². The van der Waals surface area contributed by atoms with Crippen LogP contribution in [-0.4, -0.2) is 102 Å². The van der Waals surface area contributed by atoms with Crippen LogP contribution >= 0.6 is 11.8 Å². The van der Waals surface area contributed by atoms with Crippen LogP contribution in [0.5, 0.6) is 0 Å². The van der Waals surface area contributed by atoms with Crippen LogP contribution in [-0.2, 0) is 20.1 Å². The molecule has 1 amide bonds. The van der Waals surface area contributed by atoms with Gasteiger partial charge in [0, 0.05) is 43.3 Å². The Morgan fingerprint density at radius 2 is 2.07 bits per heavy atom. The van der Waals surface area contributed by atoms with Crippen molar-refractivity contribution in [2.75, 3.05) is 39.8 Å². The highest BCUT2D eigenvalue weighted by molar-refractivity contribution is 8.00. The molecule has 7 unspecified atom stereocenters. The quantitative estimate of drug-likeness (QED) is 0.483. The van der Waals surface area contributed by atoms with E-state index >= 15 is 0 Å². The molecule has 42 heavy (non-hydrogen) atoms. The monoisotopic (exact) mass is 592 g/mol. The number of benzene rings is 1. The number of likely N-dealkylation sites (N-methyl/N-ethyl adjacent to an activating group) is 1. The Kier molecular flexibility index (Phi) is 8.79. The third-order valence-corrected chi connectivity index (χ3v) is 12.3. The normalized spacial score (nSPS) is 37.2. The highest BCUT2D eigenvalue weighted by Gasteiger charge is 2.58. The van der Waals surface area contributed by atoms with Gasteiger partial charge in [-0.2, -0.15) is 5.26 Å². The minimum Gasteiger partial charge on any atom is -0.348 e. The number of fused-ring (bicyclic) bond motifs is 2. The van der Waals surface area contributed by atoms with E-state index in [4.69, 9.17) is 4.74 Å². The summed E-state index contributed by atoms with van der Waals surface area (Å²) in [4.78, 5) is 33.7. The Balaban J connectivity index is 1.26. The number of amides is 1. The van der Waals surface area contributed by atoms with E-state index in [1.807, 2.05) is 11.8 Å². The van der Waals surface area contributed by atoms with Crippen LogP contribution in [0.25, 0.3) is 0 Å². The average Bonchev–Trinajstić information content (AvgIpc) is 3.43. The second kappa shape index (κ2) is 12.4. The van der Waals surface area contributed by atoms with E-state index in [1.165, 1.54) is 23.6 Å². The average molecular weight is 593 g/mol. The number of nitrogens with one attached hydrogen (secondary N) is 2. The van der Waals surface area contributed by atoms with Crippen molar-refractivity contribution < 1.29 is 14.3 Å². The van der Waals surface area contributed by atoms with Crippen molar-refractivity contribution >= 4 is 23.5 Å². The first kappa shape index (κ1) is 29.8. The molecule has 4 fully saturated rings. The number of ether oxygens (including phenoxy) is 1. The molecule has 5 aliphatic rings. The molecule has 4 aliphatic heterocycles. The molecule has 226 valence electrons. The number of likely N-dealkylation sites (tertiary alicyclic amines) is 1. The zero-order valence-corrected chi connectivity index (χ0v) is 25.7. The standard InChI is InChI=1S/C32H44N6O3S/c1-4-27(39)38-17-16-37(18-23(38)12-14-33)30-26-11-13-32(21(2)25-10-6-5-8-22(25)20-42-32)29(40)28(26)34-31(35-30)41-19-24-9-7-15-36(24)3/h4-6,8,10,21,23-24,26,28,30-31,34-35H,1,7,9,11-13,15-20H2,2-3H3/t21?,23?,24?,26?,28?,30?,31?,32-/m0/s1. The van der Waals surface area contributed by atoms with E-state index in [0.29, 0.717) is 32.3 Å². The van der Waals surface area contributed by atoms with Crippen LogP contribution in [0.2, 0.25) is 0 Å². The predicted molar refractivity (Wildman–Crippen MR) is 163 cm³/mol. The number of nitrogens with zero attached hydrogens (tertiary/aromatic N) is 4. The maximum Gasteiger partial charge on any atom is 0.246 e. The van der Waals surface area contributed by atoms with E-state index in [1.54, 1.807) is 4.90 Å². The van der Waals surface area contributed by atoms with Gasteiger partial charge in [-0.25, -0.2) is 0 Å². The maximum atomic E-state index is 14.7. The minimum absolute atomic E-state index is 0.0616. The number of thioether (sulfide) groups is 1. The summed E-state index contributed by atoms with van der Waals surface area (Å²) >= 11 is 1.83. The topological polar surface area (TPSA) is 101 Å². The molecule has 0 radical (unpaired) electrons. The zero-order chi connectivity index (χ0) is 29.4. The second-order valence-corrected chi connectivity index (χ2v) is 14.0. The number of hydrogen-bond donors (Lipinski definition) is 2. The molecule has 6 rings (SSSR count). The van der Waals surface area contributed by atoms with Gasteiger partial charge < -0.3 is 14.5 Å². The molecular formula is C32H44N6O3S. The minimum atomic E-state index is -0.459. The molecule has 3 saturated heterocycles. The summed E-state index contributed by atoms with van der Waals surface area (Å²) in [6.07, 6.45) is 5.08. The SMILES string of the molecule is C=CC(=O)N1CCN(C2NC(OCC3CCCN3C)NC3C(=O)[C@@]4(CCC32)SCc2ccccc2C4C)CC1CC#N. The second-order valence-electron chi connectivity index (χ2n) is 12.7. The molecule has 2 N–H and O–H groups in total. The van der Waals surface area contributed by atoms with Crippen LogP contribution in [0.1, 0.15) is 56.1 Å². The third kappa shape index (κ3) is 5.33. The number of hydrogen-bond acceptors (Lipinski definition) is 9. The van der Waals surface area contributed by atoms with Crippen LogP contribution in [0.15, 0.2) is 36.9 Å². The molecular weight excluding hydrogens is 548 g/mol. The zero-order valence-electron chi connectivity index (χ0n) is 24.8. The van der Waals surface area contributed by atoms with E-state index in [-0.39, 0.29) is 48.2 Å². The van der Waals surface area contributed by atoms with Gasteiger partial charge >= 0.3 is 0 Å². The Morgan fingerprint density at radius 3 is 2.83 bits per heavy atom. The molecule has 0 bridgehead atoms. The van der Waals surface area contributed by atoms with Crippen LogP contribution in [0.3, 0.4) is 0 Å². The van der Waals surface area contributed by atoms with Crippen LogP contribution in [0, 0.1) is 17.2 Å². The highest BCUT2D eigenvalue weighted by atomic mass is 32.2. The Hall–Kier alpha value is -2.26. The van der Waals surface area contributed by atoms with Crippen molar-refractivity contribution in [1.29, 1.82) is 5.26 Å².